The van der Waals surface area contributed by atoms with Gasteiger partial charge < -0.3 is 29.3 Å². The highest BCUT2D eigenvalue weighted by atomic mass is 16.6. The molecule has 32 heavy (non-hydrogen) atoms. The minimum Gasteiger partial charge on any atom is -0.497 e. The third-order valence-corrected chi connectivity index (χ3v) is 5.55. The topological polar surface area (TPSA) is 114 Å². The highest BCUT2D eigenvalue weighted by Crippen LogP contribution is 2.28. The molecule has 0 spiro atoms. The first-order valence-electron chi connectivity index (χ1n) is 10.7. The van der Waals surface area contributed by atoms with Crippen molar-refractivity contribution in [2.75, 3.05) is 44.9 Å². The molecule has 1 unspecified atom stereocenters. The van der Waals surface area contributed by atoms with Crippen LogP contribution in [-0.4, -0.2) is 74.8 Å². The van der Waals surface area contributed by atoms with Crippen molar-refractivity contribution in [2.45, 2.75) is 32.2 Å². The van der Waals surface area contributed by atoms with Crippen LogP contribution >= 0.6 is 0 Å². The number of rotatable bonds is 7. The summed E-state index contributed by atoms with van der Waals surface area (Å²) in [6, 6.07) is 6.95. The van der Waals surface area contributed by atoms with Crippen LogP contribution in [0.25, 0.3) is 0 Å². The number of nitrogens with zero attached hydrogens (tertiary/aromatic N) is 2. The number of hydrogen-bond donors (Lipinski definition) is 1. The Morgan fingerprint density at radius 1 is 1.16 bits per heavy atom. The van der Waals surface area contributed by atoms with Gasteiger partial charge in [0, 0.05) is 43.9 Å². The molecular weight excluding hydrogens is 418 g/mol. The van der Waals surface area contributed by atoms with Crippen molar-refractivity contribution in [1.29, 1.82) is 0 Å². The molecule has 2 saturated heterocycles. The number of carbonyl (C=O) groups is 4. The predicted molar refractivity (Wildman–Crippen MR) is 114 cm³/mol. The molecule has 0 saturated carbocycles. The number of anilines is 1. The van der Waals surface area contributed by atoms with Gasteiger partial charge in [0.2, 0.25) is 5.91 Å². The van der Waals surface area contributed by atoms with Crippen LogP contribution in [0.4, 0.5) is 10.5 Å². The second kappa shape index (κ2) is 10.8. The summed E-state index contributed by atoms with van der Waals surface area (Å²) >= 11 is 0. The summed E-state index contributed by atoms with van der Waals surface area (Å²) in [5.41, 5.74) is 0.650. The lowest BCUT2D eigenvalue weighted by Crippen LogP contribution is -2.47. The smallest absolute Gasteiger partial charge is 0.409 e. The third kappa shape index (κ3) is 5.89. The Labute approximate surface area is 186 Å². The SMILES string of the molecule is CCOC(=O)N1CCC(NC(=O)COC(=O)C2CC(=O)N(c3cccc(OC)c3)C2)CC1. The number of methoxy groups -OCH3 is 1. The van der Waals surface area contributed by atoms with Gasteiger partial charge in [0.15, 0.2) is 6.61 Å². The highest BCUT2D eigenvalue weighted by Gasteiger charge is 2.36. The van der Waals surface area contributed by atoms with Gasteiger partial charge in [-0.3, -0.25) is 14.4 Å². The van der Waals surface area contributed by atoms with Gasteiger partial charge >= 0.3 is 12.1 Å². The summed E-state index contributed by atoms with van der Waals surface area (Å²) in [5.74, 6) is -1.17. The van der Waals surface area contributed by atoms with Crippen molar-refractivity contribution in [3.05, 3.63) is 24.3 Å². The van der Waals surface area contributed by atoms with Gasteiger partial charge in [0.05, 0.1) is 19.6 Å². The zero-order valence-electron chi connectivity index (χ0n) is 18.4. The summed E-state index contributed by atoms with van der Waals surface area (Å²) in [4.78, 5) is 51.8. The minimum atomic E-state index is -0.630. The lowest BCUT2D eigenvalue weighted by atomic mass is 10.1. The van der Waals surface area contributed by atoms with Crippen molar-refractivity contribution >= 4 is 29.6 Å². The molecule has 3 rings (SSSR count). The minimum absolute atomic E-state index is 0.0317. The van der Waals surface area contributed by atoms with Crippen LogP contribution in [-0.2, 0) is 23.9 Å². The summed E-state index contributed by atoms with van der Waals surface area (Å²) in [5, 5.41) is 2.83. The van der Waals surface area contributed by atoms with E-state index in [0.29, 0.717) is 44.0 Å². The number of carbonyl (C=O) groups excluding carboxylic acids is 4. The monoisotopic (exact) mass is 447 g/mol. The van der Waals surface area contributed by atoms with E-state index in [-0.39, 0.29) is 31.0 Å². The fraction of sp³-hybridized carbons (Fsp3) is 0.545. The molecule has 0 aromatic heterocycles. The summed E-state index contributed by atoms with van der Waals surface area (Å²) in [7, 11) is 1.54. The molecule has 10 heteroatoms. The molecular formula is C22H29N3O7. The van der Waals surface area contributed by atoms with Gasteiger partial charge in [0.1, 0.15) is 5.75 Å². The van der Waals surface area contributed by atoms with E-state index in [1.54, 1.807) is 43.2 Å². The van der Waals surface area contributed by atoms with E-state index in [1.807, 2.05) is 0 Å². The average molecular weight is 447 g/mol. The van der Waals surface area contributed by atoms with Crippen molar-refractivity contribution in [3.8, 4) is 5.75 Å². The molecule has 2 heterocycles. The first kappa shape index (κ1) is 23.4. The lowest BCUT2D eigenvalue weighted by molar-refractivity contribution is -0.152. The van der Waals surface area contributed by atoms with Gasteiger partial charge in [-0.1, -0.05) is 6.07 Å². The lowest BCUT2D eigenvalue weighted by Gasteiger charge is -2.31. The van der Waals surface area contributed by atoms with Gasteiger partial charge in [-0.2, -0.15) is 0 Å². The average Bonchev–Trinajstić information content (AvgIpc) is 3.20. The molecule has 2 aliphatic heterocycles. The van der Waals surface area contributed by atoms with Crippen molar-refractivity contribution in [3.63, 3.8) is 0 Å². The Hall–Kier alpha value is -3.30. The quantitative estimate of drug-likeness (QED) is 0.627. The Balaban J connectivity index is 1.41. The van der Waals surface area contributed by atoms with E-state index in [9.17, 15) is 19.2 Å². The maximum Gasteiger partial charge on any atom is 0.409 e. The van der Waals surface area contributed by atoms with E-state index >= 15 is 0 Å². The molecule has 0 radical (unpaired) electrons. The number of piperidine rings is 1. The normalized spacial score (nSPS) is 18.9. The Morgan fingerprint density at radius 3 is 2.59 bits per heavy atom. The Morgan fingerprint density at radius 2 is 1.91 bits per heavy atom. The number of likely N-dealkylation sites (tertiary alicyclic amines) is 1. The fourth-order valence-electron chi connectivity index (χ4n) is 3.84. The second-order valence-corrected chi connectivity index (χ2v) is 7.74. The first-order valence-corrected chi connectivity index (χ1v) is 10.7. The number of nitrogens with one attached hydrogen (secondary N) is 1. The molecule has 174 valence electrons. The molecule has 1 aromatic carbocycles. The van der Waals surface area contributed by atoms with Crippen molar-refractivity contribution < 1.29 is 33.4 Å². The van der Waals surface area contributed by atoms with Crippen LogP contribution in [0.2, 0.25) is 0 Å². The van der Waals surface area contributed by atoms with E-state index in [1.165, 1.54) is 4.90 Å². The van der Waals surface area contributed by atoms with Gasteiger partial charge in [-0.05, 0) is 31.9 Å². The second-order valence-electron chi connectivity index (χ2n) is 7.74. The summed E-state index contributed by atoms with van der Waals surface area (Å²) in [6.07, 6.45) is 0.889. The molecule has 0 bridgehead atoms. The van der Waals surface area contributed by atoms with Gasteiger partial charge in [-0.25, -0.2) is 4.79 Å². The summed E-state index contributed by atoms with van der Waals surface area (Å²) < 4.78 is 15.3. The van der Waals surface area contributed by atoms with Crippen LogP contribution in [0.3, 0.4) is 0 Å². The Kier molecular flexibility index (Phi) is 7.91. The molecule has 3 amide bonds. The molecule has 2 aliphatic rings. The highest BCUT2D eigenvalue weighted by molar-refractivity contribution is 5.99. The molecule has 1 aromatic rings. The molecule has 1 atom stereocenters. The number of amides is 3. The van der Waals surface area contributed by atoms with Gasteiger partial charge in [0.25, 0.3) is 5.91 Å². The van der Waals surface area contributed by atoms with E-state index in [0.717, 1.165) is 0 Å². The number of ether oxygens (including phenoxy) is 3. The number of benzene rings is 1. The van der Waals surface area contributed by atoms with Crippen LogP contribution < -0.4 is 15.0 Å². The maximum atomic E-state index is 12.4. The van der Waals surface area contributed by atoms with Crippen molar-refractivity contribution in [2.24, 2.45) is 5.92 Å². The van der Waals surface area contributed by atoms with Crippen LogP contribution in [0.15, 0.2) is 24.3 Å². The van der Waals surface area contributed by atoms with E-state index in [2.05, 4.69) is 5.32 Å². The predicted octanol–water partition coefficient (Wildman–Crippen LogP) is 1.33. The zero-order valence-corrected chi connectivity index (χ0v) is 18.4. The standard InChI is InChI=1S/C22H29N3O7/c1-3-31-22(29)24-9-7-16(8-10-24)23-19(26)14-32-21(28)15-11-20(27)25(13-15)17-5-4-6-18(12-17)30-2/h4-6,12,15-16H,3,7-11,13-14H2,1-2H3,(H,23,26). The van der Waals surface area contributed by atoms with E-state index in [4.69, 9.17) is 14.2 Å². The first-order chi connectivity index (χ1) is 15.4. The van der Waals surface area contributed by atoms with Crippen LogP contribution in [0.1, 0.15) is 26.2 Å². The number of hydrogen-bond acceptors (Lipinski definition) is 7. The largest absolute Gasteiger partial charge is 0.497 e. The molecule has 10 nitrogen and oxygen atoms in total. The zero-order chi connectivity index (χ0) is 23.1. The number of esters is 1. The molecule has 2 fully saturated rings. The Bertz CT molecular complexity index is 852. The molecule has 0 aliphatic carbocycles. The maximum absolute atomic E-state index is 12.4. The summed E-state index contributed by atoms with van der Waals surface area (Å²) in [6.45, 7) is 2.86. The van der Waals surface area contributed by atoms with Crippen LogP contribution in [0, 0.1) is 5.92 Å². The third-order valence-electron chi connectivity index (χ3n) is 5.55. The van der Waals surface area contributed by atoms with Crippen LogP contribution in [0.5, 0.6) is 5.75 Å². The molecule has 1 N–H and O–H groups in total. The van der Waals surface area contributed by atoms with Crippen molar-refractivity contribution in [1.82, 2.24) is 10.2 Å². The van der Waals surface area contributed by atoms with E-state index < -0.39 is 24.4 Å². The van der Waals surface area contributed by atoms with Gasteiger partial charge in [-0.15, -0.1) is 0 Å². The fourth-order valence-corrected chi connectivity index (χ4v) is 3.84.